The van der Waals surface area contributed by atoms with E-state index < -0.39 is 11.7 Å². The molecule has 1 aliphatic rings. The van der Waals surface area contributed by atoms with Gasteiger partial charge in [-0.2, -0.15) is 0 Å². The number of likely N-dealkylation sites (tertiary alicyclic amines) is 1. The summed E-state index contributed by atoms with van der Waals surface area (Å²) in [5, 5.41) is 6.89. The van der Waals surface area contributed by atoms with E-state index >= 15 is 0 Å². The normalized spacial score (nSPS) is 14.0. The number of fused-ring (bicyclic) bond motifs is 1. The van der Waals surface area contributed by atoms with Crippen molar-refractivity contribution in [2.45, 2.75) is 33.1 Å². The molecule has 1 fully saturated rings. The van der Waals surface area contributed by atoms with E-state index in [0.717, 1.165) is 31.6 Å². The summed E-state index contributed by atoms with van der Waals surface area (Å²) in [4.78, 5) is 27.9. The number of piperidine rings is 1. The van der Waals surface area contributed by atoms with Gasteiger partial charge in [0.05, 0.1) is 29.0 Å². The number of carbonyl (C=O) groups is 1. The Balaban J connectivity index is 1.36. The lowest BCUT2D eigenvalue weighted by Crippen LogP contribution is -2.30. The van der Waals surface area contributed by atoms with Crippen molar-refractivity contribution in [3.8, 4) is 17.2 Å². The Kier molecular flexibility index (Phi) is 9.45. The Morgan fingerprint density at radius 3 is 2.64 bits per heavy atom. The standard InChI is InChI=1S/C31H32ClFN6O3/c1-3-41-29-17-26-23(16-27(29)38-31(40)25(33)11-14-39-12-5-4-6-13-39)30(36-19-35-26)37-21-8-10-28(24(32)15-21)42-22-9-7-20(2)34-18-22/h7-11,15-19H,3-6,12-14H2,1-2H3,(H,38,40)(H,35,36,37). The summed E-state index contributed by atoms with van der Waals surface area (Å²) in [5.41, 5.74) is 2.42. The zero-order valence-corrected chi connectivity index (χ0v) is 24.2. The quantitative estimate of drug-likeness (QED) is 0.187. The second kappa shape index (κ2) is 13.6. The number of amides is 1. The van der Waals surface area contributed by atoms with Crippen molar-refractivity contribution in [3.05, 3.63) is 77.6 Å². The van der Waals surface area contributed by atoms with Gasteiger partial charge in [-0.05, 0) is 82.3 Å². The molecule has 9 nitrogen and oxygen atoms in total. The molecule has 0 spiro atoms. The van der Waals surface area contributed by atoms with E-state index in [-0.39, 0.29) is 0 Å². The third-order valence-electron chi connectivity index (χ3n) is 6.79. The molecule has 0 bridgehead atoms. The minimum Gasteiger partial charge on any atom is -0.492 e. The summed E-state index contributed by atoms with van der Waals surface area (Å²) < 4.78 is 26.4. The Bertz CT molecular complexity index is 1590. The highest BCUT2D eigenvalue weighted by atomic mass is 35.5. The smallest absolute Gasteiger partial charge is 0.284 e. The van der Waals surface area contributed by atoms with Crippen LogP contribution in [0.2, 0.25) is 5.02 Å². The molecule has 2 N–H and O–H groups in total. The first kappa shape index (κ1) is 29.2. The molecule has 5 rings (SSSR count). The predicted molar refractivity (Wildman–Crippen MR) is 163 cm³/mol. The second-order valence-electron chi connectivity index (χ2n) is 9.90. The molecule has 1 amide bonds. The number of nitrogens with zero attached hydrogens (tertiary/aromatic N) is 4. The van der Waals surface area contributed by atoms with Crippen molar-refractivity contribution in [2.24, 2.45) is 0 Å². The number of hydrogen-bond donors (Lipinski definition) is 2. The molecule has 0 radical (unpaired) electrons. The first-order valence-corrected chi connectivity index (χ1v) is 14.3. The maximum Gasteiger partial charge on any atom is 0.284 e. The Morgan fingerprint density at radius 1 is 1.07 bits per heavy atom. The highest BCUT2D eigenvalue weighted by Gasteiger charge is 2.17. The monoisotopic (exact) mass is 590 g/mol. The lowest BCUT2D eigenvalue weighted by molar-refractivity contribution is -0.114. The van der Waals surface area contributed by atoms with Gasteiger partial charge in [0, 0.05) is 29.4 Å². The minimum atomic E-state index is -0.843. The van der Waals surface area contributed by atoms with Gasteiger partial charge in [0.15, 0.2) is 5.83 Å². The van der Waals surface area contributed by atoms with Gasteiger partial charge >= 0.3 is 0 Å². The van der Waals surface area contributed by atoms with Crippen molar-refractivity contribution in [3.63, 3.8) is 0 Å². The summed E-state index contributed by atoms with van der Waals surface area (Å²) in [5.74, 6) is 0.202. The van der Waals surface area contributed by atoms with Crippen molar-refractivity contribution in [1.29, 1.82) is 0 Å². The maximum atomic E-state index is 14.8. The van der Waals surface area contributed by atoms with Gasteiger partial charge < -0.3 is 20.1 Å². The molecule has 1 saturated heterocycles. The summed E-state index contributed by atoms with van der Waals surface area (Å²) in [6.45, 7) is 6.29. The van der Waals surface area contributed by atoms with Gasteiger partial charge in [-0.3, -0.25) is 14.7 Å². The van der Waals surface area contributed by atoms with Crippen LogP contribution in [0.5, 0.6) is 17.2 Å². The number of pyridine rings is 1. The van der Waals surface area contributed by atoms with Crippen LogP contribution in [0.4, 0.5) is 21.6 Å². The van der Waals surface area contributed by atoms with E-state index in [9.17, 15) is 9.18 Å². The highest BCUT2D eigenvalue weighted by molar-refractivity contribution is 6.32. The number of anilines is 3. The number of carbonyl (C=O) groups excluding carboxylic acids is 1. The number of nitrogens with one attached hydrogen (secondary N) is 2. The molecular formula is C31H32ClFN6O3. The van der Waals surface area contributed by atoms with Crippen molar-refractivity contribution < 1.29 is 18.7 Å². The van der Waals surface area contributed by atoms with E-state index in [1.807, 2.05) is 26.0 Å². The van der Waals surface area contributed by atoms with Gasteiger partial charge in [-0.1, -0.05) is 18.0 Å². The van der Waals surface area contributed by atoms with Crippen molar-refractivity contribution in [1.82, 2.24) is 19.9 Å². The van der Waals surface area contributed by atoms with Gasteiger partial charge in [0.25, 0.3) is 5.91 Å². The van der Waals surface area contributed by atoms with E-state index in [0.29, 0.717) is 63.5 Å². The number of hydrogen-bond acceptors (Lipinski definition) is 8. The first-order valence-electron chi connectivity index (χ1n) is 13.9. The number of halogens is 2. The van der Waals surface area contributed by atoms with Gasteiger partial charge in [0.2, 0.25) is 0 Å². The average Bonchev–Trinajstić information content (AvgIpc) is 2.99. The van der Waals surface area contributed by atoms with E-state index in [2.05, 4.69) is 30.5 Å². The molecule has 1 aliphatic heterocycles. The summed E-state index contributed by atoms with van der Waals surface area (Å²) in [6, 6.07) is 12.3. The fraction of sp³-hybridized carbons (Fsp3) is 0.290. The third kappa shape index (κ3) is 7.32. The fourth-order valence-electron chi connectivity index (χ4n) is 4.62. The predicted octanol–water partition coefficient (Wildman–Crippen LogP) is 7.20. The molecule has 0 unspecified atom stereocenters. The lowest BCUT2D eigenvalue weighted by atomic mass is 10.1. The van der Waals surface area contributed by atoms with E-state index in [1.165, 1.54) is 18.8 Å². The molecule has 4 aromatic rings. The largest absolute Gasteiger partial charge is 0.492 e. The molecular weight excluding hydrogens is 559 g/mol. The number of ether oxygens (including phenoxy) is 2. The number of benzene rings is 2. The van der Waals surface area contributed by atoms with Crippen LogP contribution >= 0.6 is 11.6 Å². The maximum absolute atomic E-state index is 14.8. The van der Waals surface area contributed by atoms with Gasteiger partial charge in [-0.15, -0.1) is 0 Å². The van der Waals surface area contributed by atoms with Crippen molar-refractivity contribution in [2.75, 3.05) is 36.9 Å². The zero-order valence-electron chi connectivity index (χ0n) is 23.5. The number of aromatic nitrogens is 3. The Labute approximate surface area is 248 Å². The average molecular weight is 591 g/mol. The minimum absolute atomic E-state index is 0.308. The Morgan fingerprint density at radius 2 is 1.90 bits per heavy atom. The molecule has 0 aliphatic carbocycles. The Hall–Kier alpha value is -4.28. The van der Waals surface area contributed by atoms with Crippen LogP contribution in [-0.2, 0) is 4.79 Å². The lowest BCUT2D eigenvalue weighted by Gasteiger charge is -2.24. The summed E-state index contributed by atoms with van der Waals surface area (Å²) in [6.07, 6.45) is 7.74. The van der Waals surface area contributed by atoms with Crippen LogP contribution in [-0.4, -0.2) is 52.0 Å². The molecule has 0 saturated carbocycles. The molecule has 11 heteroatoms. The van der Waals surface area contributed by atoms with Gasteiger partial charge in [0.1, 0.15) is 29.4 Å². The SMILES string of the molecule is CCOc1cc2ncnc(Nc3ccc(Oc4ccc(C)nc4)c(Cl)c3)c2cc1NC(=O)C(F)=CCN1CCCCC1. The molecule has 2 aromatic carbocycles. The van der Waals surface area contributed by atoms with Crippen LogP contribution in [0.3, 0.4) is 0 Å². The summed E-state index contributed by atoms with van der Waals surface area (Å²) >= 11 is 6.51. The first-order chi connectivity index (χ1) is 20.4. The number of aryl methyl sites for hydroxylation is 1. The van der Waals surface area contributed by atoms with Crippen LogP contribution < -0.4 is 20.1 Å². The molecule has 0 atom stereocenters. The topological polar surface area (TPSA) is 102 Å². The van der Waals surface area contributed by atoms with Gasteiger partial charge in [-0.25, -0.2) is 14.4 Å². The number of rotatable bonds is 10. The molecule has 2 aromatic heterocycles. The fourth-order valence-corrected chi connectivity index (χ4v) is 4.84. The van der Waals surface area contributed by atoms with Crippen LogP contribution in [0.1, 0.15) is 31.9 Å². The zero-order chi connectivity index (χ0) is 29.5. The van der Waals surface area contributed by atoms with Crippen molar-refractivity contribution >= 4 is 45.6 Å². The second-order valence-corrected chi connectivity index (χ2v) is 10.3. The van der Waals surface area contributed by atoms with E-state index in [4.69, 9.17) is 21.1 Å². The molecule has 218 valence electrons. The van der Waals surface area contributed by atoms with Crippen LogP contribution in [0.25, 0.3) is 10.9 Å². The highest BCUT2D eigenvalue weighted by Crippen LogP contribution is 2.36. The van der Waals surface area contributed by atoms with Crippen LogP contribution in [0.15, 0.2) is 66.9 Å². The molecule has 3 heterocycles. The van der Waals surface area contributed by atoms with E-state index in [1.54, 1.807) is 36.5 Å². The van der Waals surface area contributed by atoms with Crippen LogP contribution in [0, 0.1) is 6.92 Å². The molecule has 42 heavy (non-hydrogen) atoms. The summed E-state index contributed by atoms with van der Waals surface area (Å²) in [7, 11) is 0. The third-order valence-corrected chi connectivity index (χ3v) is 7.08.